The number of unbranched alkanes of at least 4 members (excludes halogenated alkanes) is 1. The van der Waals surface area contributed by atoms with E-state index in [1.54, 1.807) is 11.8 Å². The van der Waals surface area contributed by atoms with Crippen LogP contribution in [0.1, 0.15) is 19.8 Å². The van der Waals surface area contributed by atoms with Crippen LogP contribution in [0.15, 0.2) is 29.2 Å². The van der Waals surface area contributed by atoms with Crippen molar-refractivity contribution in [3.05, 3.63) is 24.3 Å². The molecule has 0 atom stereocenters. The van der Waals surface area contributed by atoms with Crippen LogP contribution < -0.4 is 10.6 Å². The minimum Gasteiger partial charge on any atom is -0.338 e. The highest BCUT2D eigenvalue weighted by atomic mass is 32.2. The predicted molar refractivity (Wildman–Crippen MR) is 70.2 cm³/mol. The summed E-state index contributed by atoms with van der Waals surface area (Å²) in [5, 5.41) is 5.60. The highest BCUT2D eigenvalue weighted by Crippen LogP contribution is 2.17. The second kappa shape index (κ2) is 7.17. The Kier molecular flexibility index (Phi) is 5.78. The van der Waals surface area contributed by atoms with E-state index in [0.717, 1.165) is 25.1 Å². The fourth-order valence-corrected chi connectivity index (χ4v) is 1.64. The predicted octanol–water partition coefficient (Wildman–Crippen LogP) is 3.33. The summed E-state index contributed by atoms with van der Waals surface area (Å²) >= 11 is 1.68. The Labute approximate surface area is 101 Å². The van der Waals surface area contributed by atoms with E-state index in [1.165, 1.54) is 4.90 Å². The van der Waals surface area contributed by atoms with Gasteiger partial charge < -0.3 is 10.6 Å². The van der Waals surface area contributed by atoms with Gasteiger partial charge in [-0.05, 0) is 36.9 Å². The number of anilines is 1. The summed E-state index contributed by atoms with van der Waals surface area (Å²) in [7, 11) is 0. The highest BCUT2D eigenvalue weighted by Gasteiger charge is 2.00. The molecule has 1 rings (SSSR count). The summed E-state index contributed by atoms with van der Waals surface area (Å²) in [4.78, 5) is 12.6. The molecule has 1 aromatic carbocycles. The average molecular weight is 238 g/mol. The van der Waals surface area contributed by atoms with Gasteiger partial charge in [-0.25, -0.2) is 4.79 Å². The topological polar surface area (TPSA) is 41.1 Å². The van der Waals surface area contributed by atoms with Crippen LogP contribution in [0.5, 0.6) is 0 Å². The second-order valence-corrected chi connectivity index (χ2v) is 4.34. The lowest BCUT2D eigenvalue weighted by Crippen LogP contribution is -2.29. The fourth-order valence-electron chi connectivity index (χ4n) is 1.23. The van der Waals surface area contributed by atoms with E-state index in [4.69, 9.17) is 0 Å². The van der Waals surface area contributed by atoms with Crippen LogP contribution in [0.25, 0.3) is 0 Å². The van der Waals surface area contributed by atoms with Gasteiger partial charge in [0.25, 0.3) is 0 Å². The molecule has 0 unspecified atom stereocenters. The molecular weight excluding hydrogens is 220 g/mol. The summed E-state index contributed by atoms with van der Waals surface area (Å²) in [5.41, 5.74) is 0.826. The van der Waals surface area contributed by atoms with E-state index < -0.39 is 0 Å². The zero-order valence-electron chi connectivity index (χ0n) is 9.75. The minimum atomic E-state index is -0.134. The smallest absolute Gasteiger partial charge is 0.319 e. The van der Waals surface area contributed by atoms with E-state index in [2.05, 4.69) is 17.6 Å². The Bertz CT molecular complexity index is 324. The lowest BCUT2D eigenvalue weighted by Gasteiger charge is -2.07. The maximum atomic E-state index is 11.4. The van der Waals surface area contributed by atoms with Crippen LogP contribution in [0, 0.1) is 0 Å². The molecule has 4 heteroatoms. The SMILES string of the molecule is CCCCNC(=O)Nc1ccc(SC)cc1. The first-order valence-corrected chi connectivity index (χ1v) is 6.67. The van der Waals surface area contributed by atoms with Crippen LogP contribution >= 0.6 is 11.8 Å². The molecule has 3 nitrogen and oxygen atoms in total. The van der Waals surface area contributed by atoms with Crippen LogP contribution in [-0.2, 0) is 0 Å². The van der Waals surface area contributed by atoms with Gasteiger partial charge in [0.2, 0.25) is 0 Å². The lowest BCUT2D eigenvalue weighted by molar-refractivity contribution is 0.252. The zero-order valence-corrected chi connectivity index (χ0v) is 10.6. The molecule has 0 bridgehead atoms. The normalized spacial score (nSPS) is 9.88. The molecule has 0 aliphatic carbocycles. The molecule has 88 valence electrons. The Morgan fingerprint density at radius 2 is 2.00 bits per heavy atom. The first kappa shape index (κ1) is 12.9. The fraction of sp³-hybridized carbons (Fsp3) is 0.417. The standard InChI is InChI=1S/C12H18N2OS/c1-3-4-9-13-12(15)14-10-5-7-11(16-2)8-6-10/h5-8H,3-4,9H2,1-2H3,(H2,13,14,15). The summed E-state index contributed by atoms with van der Waals surface area (Å²) in [6, 6.07) is 7.67. The Balaban J connectivity index is 2.37. The van der Waals surface area contributed by atoms with Crippen molar-refractivity contribution >= 4 is 23.5 Å². The van der Waals surface area contributed by atoms with Crippen molar-refractivity contribution in [3.63, 3.8) is 0 Å². The zero-order chi connectivity index (χ0) is 11.8. The molecule has 0 saturated heterocycles. The van der Waals surface area contributed by atoms with Gasteiger partial charge in [-0.2, -0.15) is 0 Å². The number of carbonyl (C=O) groups excluding carboxylic acids is 1. The number of carbonyl (C=O) groups is 1. The molecule has 0 aliphatic heterocycles. The second-order valence-electron chi connectivity index (χ2n) is 3.46. The third-order valence-electron chi connectivity index (χ3n) is 2.16. The largest absolute Gasteiger partial charge is 0.338 e. The summed E-state index contributed by atoms with van der Waals surface area (Å²) in [5.74, 6) is 0. The summed E-state index contributed by atoms with van der Waals surface area (Å²) < 4.78 is 0. The van der Waals surface area contributed by atoms with Crippen molar-refractivity contribution < 1.29 is 4.79 Å². The molecule has 0 saturated carbocycles. The van der Waals surface area contributed by atoms with Gasteiger partial charge >= 0.3 is 6.03 Å². The third-order valence-corrected chi connectivity index (χ3v) is 2.91. The quantitative estimate of drug-likeness (QED) is 0.610. The van der Waals surface area contributed by atoms with Gasteiger partial charge in [0.1, 0.15) is 0 Å². The van der Waals surface area contributed by atoms with E-state index in [-0.39, 0.29) is 6.03 Å². The number of hydrogen-bond donors (Lipinski definition) is 2. The maximum Gasteiger partial charge on any atom is 0.319 e. The van der Waals surface area contributed by atoms with Gasteiger partial charge in [-0.15, -0.1) is 11.8 Å². The molecular formula is C12H18N2OS. The highest BCUT2D eigenvalue weighted by molar-refractivity contribution is 7.98. The average Bonchev–Trinajstić information content (AvgIpc) is 2.30. The molecule has 16 heavy (non-hydrogen) atoms. The van der Waals surface area contributed by atoms with Crippen LogP contribution in [0.3, 0.4) is 0 Å². The van der Waals surface area contributed by atoms with Crippen molar-refractivity contribution in [2.75, 3.05) is 18.1 Å². The molecule has 0 aromatic heterocycles. The number of hydrogen-bond acceptors (Lipinski definition) is 2. The third kappa shape index (κ3) is 4.57. The minimum absolute atomic E-state index is 0.134. The van der Waals surface area contributed by atoms with Crippen LogP contribution in [0.2, 0.25) is 0 Å². The van der Waals surface area contributed by atoms with Crippen LogP contribution in [0.4, 0.5) is 10.5 Å². The Morgan fingerprint density at radius 1 is 1.31 bits per heavy atom. The van der Waals surface area contributed by atoms with Crippen molar-refractivity contribution in [2.45, 2.75) is 24.7 Å². The molecule has 0 radical (unpaired) electrons. The number of nitrogens with one attached hydrogen (secondary N) is 2. The number of rotatable bonds is 5. The molecule has 2 amide bonds. The Hall–Kier alpha value is -1.16. The van der Waals surface area contributed by atoms with Crippen molar-refractivity contribution in [2.24, 2.45) is 0 Å². The first-order chi connectivity index (χ1) is 7.76. The van der Waals surface area contributed by atoms with Crippen LogP contribution in [-0.4, -0.2) is 18.8 Å². The molecule has 0 aliphatic rings. The van der Waals surface area contributed by atoms with Gasteiger partial charge in [0, 0.05) is 17.1 Å². The van der Waals surface area contributed by atoms with E-state index in [9.17, 15) is 4.79 Å². The van der Waals surface area contributed by atoms with Crippen molar-refractivity contribution in [1.29, 1.82) is 0 Å². The van der Waals surface area contributed by atoms with Gasteiger partial charge in [0.05, 0.1) is 0 Å². The summed E-state index contributed by atoms with van der Waals surface area (Å²) in [6.07, 6.45) is 4.13. The first-order valence-electron chi connectivity index (χ1n) is 5.45. The molecule has 0 spiro atoms. The number of benzene rings is 1. The number of urea groups is 1. The van der Waals surface area contributed by atoms with Gasteiger partial charge in [-0.3, -0.25) is 0 Å². The van der Waals surface area contributed by atoms with E-state index in [1.807, 2.05) is 30.5 Å². The monoisotopic (exact) mass is 238 g/mol. The van der Waals surface area contributed by atoms with Gasteiger partial charge in [-0.1, -0.05) is 13.3 Å². The van der Waals surface area contributed by atoms with E-state index in [0.29, 0.717) is 0 Å². The molecule has 0 fully saturated rings. The molecule has 1 aromatic rings. The van der Waals surface area contributed by atoms with Crippen molar-refractivity contribution in [3.8, 4) is 0 Å². The maximum absolute atomic E-state index is 11.4. The van der Waals surface area contributed by atoms with E-state index >= 15 is 0 Å². The molecule has 2 N–H and O–H groups in total. The summed E-state index contributed by atoms with van der Waals surface area (Å²) in [6.45, 7) is 2.83. The number of thioether (sulfide) groups is 1. The lowest BCUT2D eigenvalue weighted by atomic mass is 10.3. The Morgan fingerprint density at radius 3 is 2.56 bits per heavy atom. The molecule has 0 heterocycles. The van der Waals surface area contributed by atoms with Crippen molar-refractivity contribution in [1.82, 2.24) is 5.32 Å². The van der Waals surface area contributed by atoms with Gasteiger partial charge in [0.15, 0.2) is 0 Å². The number of amides is 2.